The monoisotopic (exact) mass is 430 g/mol. The van der Waals surface area contributed by atoms with Gasteiger partial charge in [0.1, 0.15) is 0 Å². The number of benzene rings is 2. The average molecular weight is 431 g/mol. The largest absolute Gasteiger partial charge is 0.394 e. The van der Waals surface area contributed by atoms with Crippen molar-refractivity contribution in [2.24, 2.45) is 5.73 Å². The third-order valence-electron chi connectivity index (χ3n) is 6.03. The summed E-state index contributed by atoms with van der Waals surface area (Å²) in [6, 6.07) is 10.8. The number of aryl methyl sites for hydroxylation is 2. The van der Waals surface area contributed by atoms with Gasteiger partial charge in [-0.25, -0.2) is 4.98 Å². The van der Waals surface area contributed by atoms with Crippen LogP contribution in [0, 0.1) is 5.41 Å². The number of thioether (sulfide) groups is 1. The normalized spacial score (nSPS) is 13.1. The Hall–Kier alpha value is -2.79. The Morgan fingerprint density at radius 3 is 2.68 bits per heavy atom. The summed E-state index contributed by atoms with van der Waals surface area (Å²) in [4.78, 5) is 6.32. The van der Waals surface area contributed by atoms with Crippen LogP contribution in [0.5, 0.6) is 0 Å². The van der Waals surface area contributed by atoms with E-state index in [1.165, 1.54) is 40.6 Å². The first-order valence-electron chi connectivity index (χ1n) is 11.0. The first-order chi connectivity index (χ1) is 15.1. The second-order valence-electron chi connectivity index (χ2n) is 8.08. The summed E-state index contributed by atoms with van der Waals surface area (Å²) in [5.41, 5.74) is 15.0. The van der Waals surface area contributed by atoms with E-state index in [9.17, 15) is 0 Å². The van der Waals surface area contributed by atoms with Crippen molar-refractivity contribution in [2.45, 2.75) is 50.3 Å². The Kier molecular flexibility index (Phi) is 6.33. The molecule has 160 valence electrons. The van der Waals surface area contributed by atoms with E-state index in [4.69, 9.17) is 16.1 Å². The zero-order valence-corrected chi connectivity index (χ0v) is 19.2. The highest BCUT2D eigenvalue weighted by Gasteiger charge is 2.22. The van der Waals surface area contributed by atoms with Gasteiger partial charge < -0.3 is 16.5 Å². The first-order valence-corrected chi connectivity index (χ1v) is 11.8. The molecule has 1 aliphatic carbocycles. The van der Waals surface area contributed by atoms with Crippen LogP contribution in [0.15, 0.2) is 46.8 Å². The fraction of sp³-hybridized carbons (Fsp3) is 0.308. The van der Waals surface area contributed by atoms with Crippen molar-refractivity contribution in [3.8, 4) is 11.3 Å². The zero-order valence-electron chi connectivity index (χ0n) is 18.3. The van der Waals surface area contributed by atoms with Gasteiger partial charge in [0, 0.05) is 40.4 Å². The maximum Gasteiger partial charge on any atom is 0.0744 e. The first kappa shape index (κ1) is 21.4. The molecule has 0 amide bonds. The van der Waals surface area contributed by atoms with E-state index in [0.29, 0.717) is 5.03 Å². The molecule has 1 aliphatic rings. The van der Waals surface area contributed by atoms with Gasteiger partial charge >= 0.3 is 0 Å². The van der Waals surface area contributed by atoms with E-state index in [2.05, 4.69) is 43.1 Å². The van der Waals surface area contributed by atoms with Crippen molar-refractivity contribution in [3.63, 3.8) is 0 Å². The lowest BCUT2D eigenvalue weighted by molar-refractivity contribution is 0.689. The molecule has 0 spiro atoms. The predicted molar refractivity (Wildman–Crippen MR) is 134 cm³/mol. The molecule has 31 heavy (non-hydrogen) atoms. The van der Waals surface area contributed by atoms with Crippen LogP contribution in [-0.4, -0.2) is 18.2 Å². The zero-order chi connectivity index (χ0) is 22.0. The molecule has 0 unspecified atom stereocenters. The molecule has 2 aromatic carbocycles. The molecule has 3 aromatic rings. The standard InChI is InChI=1S/C26H30N4S/c1-4-7-17-10-11-18(14-24(17)31-16(2)28)26-20-9-6-5-8-19(20)25-21(15-27)22(29-3)12-13-23(25)30-26/h10-15,27,29H,2,4-9,28H2,1,3H3. The van der Waals surface area contributed by atoms with Crippen molar-refractivity contribution in [1.29, 1.82) is 5.41 Å². The smallest absolute Gasteiger partial charge is 0.0744 e. The Balaban J connectivity index is 1.96. The third-order valence-corrected chi connectivity index (χ3v) is 6.89. The van der Waals surface area contributed by atoms with Gasteiger partial charge in [-0.15, -0.1) is 0 Å². The number of hydrogen-bond acceptors (Lipinski definition) is 5. The van der Waals surface area contributed by atoms with Crippen molar-refractivity contribution in [1.82, 2.24) is 4.98 Å². The van der Waals surface area contributed by atoms with E-state index in [1.54, 1.807) is 11.8 Å². The minimum Gasteiger partial charge on any atom is -0.394 e. The van der Waals surface area contributed by atoms with Crippen LogP contribution in [0.3, 0.4) is 0 Å². The molecule has 0 fully saturated rings. The second-order valence-corrected chi connectivity index (χ2v) is 9.25. The minimum atomic E-state index is 0.609. The molecule has 4 rings (SSSR count). The predicted octanol–water partition coefficient (Wildman–Crippen LogP) is 6.29. The summed E-state index contributed by atoms with van der Waals surface area (Å²) in [6.45, 7) is 6.09. The van der Waals surface area contributed by atoms with Crippen LogP contribution in [0.4, 0.5) is 5.69 Å². The fourth-order valence-corrected chi connectivity index (χ4v) is 5.44. The number of aromatic nitrogens is 1. The van der Waals surface area contributed by atoms with Crippen LogP contribution in [0.25, 0.3) is 22.2 Å². The van der Waals surface area contributed by atoms with Gasteiger partial charge in [0.2, 0.25) is 0 Å². The number of fused-ring (bicyclic) bond motifs is 3. The molecule has 0 radical (unpaired) electrons. The lowest BCUT2D eigenvalue weighted by atomic mass is 9.84. The molecule has 4 N–H and O–H groups in total. The number of pyridine rings is 1. The van der Waals surface area contributed by atoms with Crippen LogP contribution >= 0.6 is 11.8 Å². The Bertz CT molecular complexity index is 1170. The Morgan fingerprint density at radius 1 is 1.23 bits per heavy atom. The lowest BCUT2D eigenvalue weighted by Gasteiger charge is -2.23. The van der Waals surface area contributed by atoms with Crippen LogP contribution in [-0.2, 0) is 19.3 Å². The highest BCUT2D eigenvalue weighted by Crippen LogP contribution is 2.39. The fourth-order valence-electron chi connectivity index (χ4n) is 4.67. The summed E-state index contributed by atoms with van der Waals surface area (Å²) in [5.74, 6) is 0. The summed E-state index contributed by atoms with van der Waals surface area (Å²) in [6.07, 6.45) is 7.99. The van der Waals surface area contributed by atoms with Gasteiger partial charge in [-0.05, 0) is 67.0 Å². The number of rotatable bonds is 7. The summed E-state index contributed by atoms with van der Waals surface area (Å²) in [7, 11) is 1.91. The van der Waals surface area contributed by atoms with Gasteiger partial charge in [-0.2, -0.15) is 0 Å². The highest BCUT2D eigenvalue weighted by atomic mass is 32.2. The summed E-state index contributed by atoms with van der Waals surface area (Å²) < 4.78 is 0. The summed E-state index contributed by atoms with van der Waals surface area (Å²) in [5, 5.41) is 13.0. The third kappa shape index (κ3) is 4.07. The SMILES string of the molecule is C=C(N)Sc1cc(-c2nc3ccc(NC)c(C=N)c3c3c2CCCC3)ccc1CCC. The van der Waals surface area contributed by atoms with E-state index in [-0.39, 0.29) is 0 Å². The number of anilines is 1. The van der Waals surface area contributed by atoms with Gasteiger partial charge in [0.25, 0.3) is 0 Å². The van der Waals surface area contributed by atoms with E-state index >= 15 is 0 Å². The van der Waals surface area contributed by atoms with Crippen LogP contribution < -0.4 is 11.1 Å². The molecule has 1 aromatic heterocycles. The maximum atomic E-state index is 8.05. The average Bonchev–Trinajstić information content (AvgIpc) is 2.78. The number of nitrogens with one attached hydrogen (secondary N) is 2. The molecular formula is C26H30N4S. The minimum absolute atomic E-state index is 0.609. The van der Waals surface area contributed by atoms with Crippen molar-refractivity contribution in [3.05, 3.63) is 64.2 Å². The van der Waals surface area contributed by atoms with E-state index in [1.807, 2.05) is 13.1 Å². The number of nitrogens with zero attached hydrogens (tertiary/aromatic N) is 1. The molecule has 0 saturated heterocycles. The van der Waals surface area contributed by atoms with Crippen LogP contribution in [0.1, 0.15) is 48.4 Å². The van der Waals surface area contributed by atoms with Gasteiger partial charge in [0.05, 0.1) is 16.2 Å². The highest BCUT2D eigenvalue weighted by molar-refractivity contribution is 8.03. The number of nitrogens with two attached hydrogens (primary N) is 1. The second kappa shape index (κ2) is 9.15. The molecule has 0 saturated carbocycles. The molecular weight excluding hydrogens is 400 g/mol. The van der Waals surface area contributed by atoms with Crippen LogP contribution in [0.2, 0.25) is 0 Å². The molecule has 0 aliphatic heterocycles. The summed E-state index contributed by atoms with van der Waals surface area (Å²) >= 11 is 1.54. The van der Waals surface area contributed by atoms with Gasteiger partial charge in [-0.3, -0.25) is 0 Å². The van der Waals surface area contributed by atoms with Crippen molar-refractivity contribution < 1.29 is 0 Å². The molecule has 0 bridgehead atoms. The van der Waals surface area contributed by atoms with E-state index in [0.717, 1.165) is 59.1 Å². The molecule has 0 atom stereocenters. The quantitative estimate of drug-likeness (QED) is 0.304. The Morgan fingerprint density at radius 2 is 2.00 bits per heavy atom. The maximum absolute atomic E-state index is 8.05. The molecule has 1 heterocycles. The van der Waals surface area contributed by atoms with Gasteiger partial charge in [0.15, 0.2) is 0 Å². The molecule has 4 nitrogen and oxygen atoms in total. The van der Waals surface area contributed by atoms with Crippen molar-refractivity contribution in [2.75, 3.05) is 12.4 Å². The Labute approximate surface area is 188 Å². The molecule has 5 heteroatoms. The van der Waals surface area contributed by atoms with Crippen molar-refractivity contribution >= 4 is 34.6 Å². The lowest BCUT2D eigenvalue weighted by Crippen LogP contribution is -2.10. The van der Waals surface area contributed by atoms with E-state index < -0.39 is 0 Å². The number of hydrogen-bond donors (Lipinski definition) is 3. The van der Waals surface area contributed by atoms with Gasteiger partial charge in [-0.1, -0.05) is 43.8 Å². The topological polar surface area (TPSA) is 74.8 Å².